The fraction of sp³-hybridized carbons (Fsp3) is 0.364. The van der Waals surface area contributed by atoms with Crippen LogP contribution in [0.3, 0.4) is 0 Å². The van der Waals surface area contributed by atoms with Crippen LogP contribution >= 0.6 is 11.3 Å². The molecule has 29 heavy (non-hydrogen) atoms. The van der Waals surface area contributed by atoms with E-state index in [0.29, 0.717) is 17.2 Å². The highest BCUT2D eigenvalue weighted by atomic mass is 32.1. The molecule has 0 aliphatic rings. The number of nitrogens with zero attached hydrogens (tertiary/aromatic N) is 2. The number of rotatable bonds is 8. The van der Waals surface area contributed by atoms with Crippen molar-refractivity contribution < 1.29 is 19.2 Å². The number of ether oxygens (including phenoxy) is 2. The zero-order chi connectivity index (χ0) is 21.0. The van der Waals surface area contributed by atoms with E-state index in [1.807, 2.05) is 12.1 Å². The highest BCUT2D eigenvalue weighted by Gasteiger charge is 2.23. The van der Waals surface area contributed by atoms with Gasteiger partial charge in [0.25, 0.3) is 5.91 Å². The SMILES string of the molecule is COc1ccc(C(=O)N(CCC[NH+](C)C)c2nc3c(OC)ccc(C)c3s2)cc1. The molecule has 0 atom stereocenters. The van der Waals surface area contributed by atoms with Gasteiger partial charge in [0, 0.05) is 18.5 Å². The van der Waals surface area contributed by atoms with Crippen LogP contribution in [0.15, 0.2) is 36.4 Å². The van der Waals surface area contributed by atoms with Crippen LogP contribution in [0.1, 0.15) is 22.3 Å². The molecule has 0 unspecified atom stereocenters. The third-order valence-electron chi connectivity index (χ3n) is 4.78. The Labute approximate surface area is 175 Å². The van der Waals surface area contributed by atoms with E-state index in [9.17, 15) is 4.79 Å². The number of methoxy groups -OCH3 is 2. The van der Waals surface area contributed by atoms with E-state index in [1.165, 1.54) is 16.2 Å². The van der Waals surface area contributed by atoms with Gasteiger partial charge in [-0.3, -0.25) is 9.69 Å². The Kier molecular flexibility index (Phi) is 6.71. The smallest absolute Gasteiger partial charge is 0.260 e. The van der Waals surface area contributed by atoms with Crippen molar-refractivity contribution in [1.82, 2.24) is 4.98 Å². The fourth-order valence-corrected chi connectivity index (χ4v) is 4.22. The standard InChI is InChI=1S/C22H27N3O3S/c1-15-7-12-18(28-5)19-20(15)29-22(23-19)25(14-6-13-24(2)3)21(26)16-8-10-17(27-4)11-9-16/h7-12H,6,13-14H2,1-5H3/p+1. The van der Waals surface area contributed by atoms with E-state index >= 15 is 0 Å². The summed E-state index contributed by atoms with van der Waals surface area (Å²) in [5.74, 6) is 1.39. The Morgan fingerprint density at radius 1 is 1.10 bits per heavy atom. The molecule has 0 saturated heterocycles. The van der Waals surface area contributed by atoms with Gasteiger partial charge in [-0.15, -0.1) is 0 Å². The van der Waals surface area contributed by atoms with E-state index in [1.54, 1.807) is 43.4 Å². The molecular formula is C22H28N3O3S+. The quantitative estimate of drug-likeness (QED) is 0.616. The summed E-state index contributed by atoms with van der Waals surface area (Å²) in [4.78, 5) is 21.3. The number of carbonyl (C=O) groups excluding carboxylic acids is 1. The van der Waals surface area contributed by atoms with E-state index < -0.39 is 0 Å². The first-order chi connectivity index (χ1) is 13.9. The molecule has 0 aliphatic heterocycles. The van der Waals surface area contributed by atoms with Gasteiger partial charge < -0.3 is 14.4 Å². The van der Waals surface area contributed by atoms with Gasteiger partial charge in [0.1, 0.15) is 17.0 Å². The van der Waals surface area contributed by atoms with Gasteiger partial charge in [-0.05, 0) is 42.8 Å². The molecule has 0 fully saturated rings. The predicted molar refractivity (Wildman–Crippen MR) is 118 cm³/mol. The van der Waals surface area contributed by atoms with Crippen LogP contribution in [0.4, 0.5) is 5.13 Å². The van der Waals surface area contributed by atoms with Crippen molar-refractivity contribution in [3.63, 3.8) is 0 Å². The fourth-order valence-electron chi connectivity index (χ4n) is 3.14. The van der Waals surface area contributed by atoms with Gasteiger partial charge in [-0.25, -0.2) is 4.98 Å². The monoisotopic (exact) mass is 414 g/mol. The number of aryl methyl sites for hydroxylation is 1. The number of anilines is 1. The lowest BCUT2D eigenvalue weighted by atomic mass is 10.2. The number of aromatic nitrogens is 1. The van der Waals surface area contributed by atoms with E-state index in [-0.39, 0.29) is 5.91 Å². The minimum absolute atomic E-state index is 0.0583. The lowest BCUT2D eigenvalue weighted by Gasteiger charge is -2.20. The number of hydrogen-bond acceptors (Lipinski definition) is 5. The van der Waals surface area contributed by atoms with Crippen molar-refractivity contribution in [3.05, 3.63) is 47.5 Å². The number of thiazole rings is 1. The maximum absolute atomic E-state index is 13.4. The summed E-state index contributed by atoms with van der Waals surface area (Å²) >= 11 is 1.53. The maximum Gasteiger partial charge on any atom is 0.260 e. The lowest BCUT2D eigenvalue weighted by molar-refractivity contribution is -0.858. The highest BCUT2D eigenvalue weighted by molar-refractivity contribution is 7.22. The average Bonchev–Trinajstić information content (AvgIpc) is 3.17. The van der Waals surface area contributed by atoms with Crippen molar-refractivity contribution in [2.24, 2.45) is 0 Å². The molecule has 3 aromatic rings. The number of fused-ring (bicyclic) bond motifs is 1. The summed E-state index contributed by atoms with van der Waals surface area (Å²) in [5, 5.41) is 0.696. The van der Waals surface area contributed by atoms with Crippen molar-refractivity contribution in [1.29, 1.82) is 0 Å². The summed E-state index contributed by atoms with van der Waals surface area (Å²) in [7, 11) is 7.48. The van der Waals surface area contributed by atoms with Crippen LogP contribution in [-0.2, 0) is 0 Å². The van der Waals surface area contributed by atoms with E-state index in [0.717, 1.165) is 40.2 Å². The second-order valence-corrected chi connectivity index (χ2v) is 8.23. The van der Waals surface area contributed by atoms with Gasteiger partial charge >= 0.3 is 0 Å². The molecule has 0 aliphatic carbocycles. The molecule has 3 rings (SSSR count). The molecule has 1 amide bonds. The van der Waals surface area contributed by atoms with E-state index in [4.69, 9.17) is 14.5 Å². The third-order valence-corrected chi connectivity index (χ3v) is 6.00. The Morgan fingerprint density at radius 3 is 2.45 bits per heavy atom. The topological polar surface area (TPSA) is 56.1 Å². The summed E-state index contributed by atoms with van der Waals surface area (Å²) in [6, 6.07) is 11.2. The zero-order valence-electron chi connectivity index (χ0n) is 17.6. The first kappa shape index (κ1) is 21.1. The molecule has 1 heterocycles. The number of hydrogen-bond donors (Lipinski definition) is 1. The van der Waals surface area contributed by atoms with E-state index in [2.05, 4.69) is 21.0 Å². The number of benzene rings is 2. The molecule has 7 heteroatoms. The first-order valence-corrected chi connectivity index (χ1v) is 10.4. The first-order valence-electron chi connectivity index (χ1n) is 9.63. The summed E-state index contributed by atoms with van der Waals surface area (Å²) in [5.41, 5.74) is 2.54. The number of quaternary nitrogens is 1. The zero-order valence-corrected chi connectivity index (χ0v) is 18.4. The molecule has 0 radical (unpaired) electrons. The van der Waals surface area contributed by atoms with Crippen molar-refractivity contribution in [3.8, 4) is 11.5 Å². The molecule has 1 aromatic heterocycles. The summed E-state index contributed by atoms with van der Waals surface area (Å²) < 4.78 is 11.7. The maximum atomic E-state index is 13.4. The number of amides is 1. The van der Waals surface area contributed by atoms with Gasteiger partial charge in [0.2, 0.25) is 0 Å². The molecule has 0 bridgehead atoms. The Morgan fingerprint density at radius 2 is 1.83 bits per heavy atom. The molecule has 1 N–H and O–H groups in total. The van der Waals surface area contributed by atoms with Crippen LogP contribution in [0.25, 0.3) is 10.2 Å². The number of nitrogens with one attached hydrogen (secondary N) is 1. The summed E-state index contributed by atoms with van der Waals surface area (Å²) in [6.45, 7) is 3.63. The molecule has 6 nitrogen and oxygen atoms in total. The van der Waals surface area contributed by atoms with Gasteiger partial charge in [-0.2, -0.15) is 0 Å². The van der Waals surface area contributed by atoms with Gasteiger partial charge in [0.05, 0.1) is 39.6 Å². The van der Waals surface area contributed by atoms with Crippen molar-refractivity contribution in [2.75, 3.05) is 46.3 Å². The molecule has 2 aromatic carbocycles. The minimum Gasteiger partial charge on any atom is -0.497 e. The predicted octanol–water partition coefficient (Wildman–Crippen LogP) is 2.80. The van der Waals surface area contributed by atoms with Crippen LogP contribution in [-0.4, -0.2) is 52.3 Å². The van der Waals surface area contributed by atoms with Crippen molar-refractivity contribution in [2.45, 2.75) is 13.3 Å². The molecular weight excluding hydrogens is 386 g/mol. The van der Waals surface area contributed by atoms with Gasteiger partial charge in [0.15, 0.2) is 5.13 Å². The normalized spacial score (nSPS) is 11.1. The highest BCUT2D eigenvalue weighted by Crippen LogP contribution is 2.36. The Bertz CT molecular complexity index is 983. The van der Waals surface area contributed by atoms with Crippen LogP contribution in [0.2, 0.25) is 0 Å². The number of carbonyl (C=O) groups is 1. The molecule has 0 saturated carbocycles. The second kappa shape index (κ2) is 9.24. The largest absolute Gasteiger partial charge is 0.497 e. The average molecular weight is 415 g/mol. The van der Waals surface area contributed by atoms with Crippen LogP contribution < -0.4 is 19.3 Å². The van der Waals surface area contributed by atoms with Crippen LogP contribution in [0.5, 0.6) is 11.5 Å². The minimum atomic E-state index is -0.0583. The second-order valence-electron chi connectivity index (χ2n) is 7.25. The van der Waals surface area contributed by atoms with Gasteiger partial charge in [-0.1, -0.05) is 17.4 Å². The molecule has 154 valence electrons. The third kappa shape index (κ3) is 4.68. The van der Waals surface area contributed by atoms with Crippen LogP contribution in [0, 0.1) is 6.92 Å². The Hall–Kier alpha value is -2.64. The van der Waals surface area contributed by atoms with Crippen molar-refractivity contribution >= 4 is 32.6 Å². The summed E-state index contributed by atoms with van der Waals surface area (Å²) in [6.07, 6.45) is 0.885. The lowest BCUT2D eigenvalue weighted by Crippen LogP contribution is -3.05. The molecule has 0 spiro atoms. The Balaban J connectivity index is 1.99.